The first-order valence-corrected chi connectivity index (χ1v) is 12.0. The third-order valence-corrected chi connectivity index (χ3v) is 6.78. The van der Waals surface area contributed by atoms with E-state index in [1.807, 2.05) is 13.8 Å². The number of rotatable bonds is 10. The van der Waals surface area contributed by atoms with Crippen molar-refractivity contribution in [3.63, 3.8) is 0 Å². The third kappa shape index (κ3) is 7.07. The number of ether oxygens (including phenoxy) is 1. The molecule has 3 aliphatic rings. The molecule has 0 aromatic rings. The van der Waals surface area contributed by atoms with Crippen molar-refractivity contribution in [3.8, 4) is 0 Å². The highest BCUT2D eigenvalue weighted by atomic mass is 16.5. The monoisotopic (exact) mass is 447 g/mol. The van der Waals surface area contributed by atoms with Crippen molar-refractivity contribution in [1.82, 2.24) is 16.0 Å². The molecular weight excluding hydrogens is 410 g/mol. The van der Waals surface area contributed by atoms with Crippen LogP contribution in [0.1, 0.15) is 58.8 Å². The Labute approximate surface area is 190 Å². The van der Waals surface area contributed by atoms with Crippen molar-refractivity contribution in [2.24, 2.45) is 29.6 Å². The lowest BCUT2D eigenvalue weighted by Crippen LogP contribution is -2.51. The molecule has 3 rings (SSSR count). The van der Waals surface area contributed by atoms with Crippen molar-refractivity contribution in [2.45, 2.75) is 70.9 Å². The highest BCUT2D eigenvalue weighted by Gasteiger charge is 2.32. The second-order valence-corrected chi connectivity index (χ2v) is 10.1. The molecule has 32 heavy (non-hydrogen) atoms. The zero-order valence-electron chi connectivity index (χ0n) is 19.2. The van der Waals surface area contributed by atoms with Gasteiger partial charge < -0.3 is 25.5 Å². The van der Waals surface area contributed by atoms with E-state index in [0.717, 1.165) is 19.3 Å². The summed E-state index contributed by atoms with van der Waals surface area (Å²) in [5.74, 6) is 0.974. The van der Waals surface area contributed by atoms with Crippen molar-refractivity contribution < 1.29 is 23.9 Å². The van der Waals surface area contributed by atoms with Crippen LogP contribution in [0.4, 0.5) is 4.79 Å². The van der Waals surface area contributed by atoms with Gasteiger partial charge in [-0.15, -0.1) is 0 Å². The second-order valence-electron chi connectivity index (χ2n) is 10.1. The number of hydrogen-bond acceptors (Lipinski definition) is 5. The zero-order valence-corrected chi connectivity index (χ0v) is 19.2. The van der Waals surface area contributed by atoms with Crippen LogP contribution in [0, 0.1) is 29.6 Å². The molecule has 178 valence electrons. The Bertz CT molecular complexity index is 722. The van der Waals surface area contributed by atoms with E-state index in [9.17, 15) is 19.2 Å². The third-order valence-electron chi connectivity index (χ3n) is 6.78. The minimum atomic E-state index is -0.795. The number of alkyl carbamates (subject to hydrolysis) is 1. The summed E-state index contributed by atoms with van der Waals surface area (Å²) in [6.07, 6.45) is 10.4. The Morgan fingerprint density at radius 2 is 2.06 bits per heavy atom. The van der Waals surface area contributed by atoms with Crippen LogP contribution in [0.3, 0.4) is 0 Å². The van der Waals surface area contributed by atoms with Gasteiger partial charge in [0.05, 0.1) is 12.6 Å². The van der Waals surface area contributed by atoms with Crippen molar-refractivity contribution >= 4 is 24.2 Å². The molecule has 1 aliphatic heterocycles. The lowest BCUT2D eigenvalue weighted by atomic mass is 9.71. The van der Waals surface area contributed by atoms with E-state index < -0.39 is 24.1 Å². The molecule has 6 unspecified atom stereocenters. The number of hydrogen-bond donors (Lipinski definition) is 3. The van der Waals surface area contributed by atoms with Crippen molar-refractivity contribution in [1.29, 1.82) is 0 Å². The molecule has 0 aromatic carbocycles. The topological polar surface area (TPSA) is 114 Å². The van der Waals surface area contributed by atoms with Gasteiger partial charge in [0.2, 0.25) is 11.8 Å². The zero-order chi connectivity index (χ0) is 23.1. The van der Waals surface area contributed by atoms with Gasteiger partial charge in [-0.3, -0.25) is 9.59 Å². The molecule has 1 saturated carbocycles. The van der Waals surface area contributed by atoms with Crippen LogP contribution < -0.4 is 16.0 Å². The van der Waals surface area contributed by atoms with Gasteiger partial charge in [-0.1, -0.05) is 26.0 Å². The predicted octanol–water partition coefficient (Wildman–Crippen LogP) is 2.33. The van der Waals surface area contributed by atoms with Crippen LogP contribution in [0.2, 0.25) is 0 Å². The summed E-state index contributed by atoms with van der Waals surface area (Å²) in [4.78, 5) is 48.6. The van der Waals surface area contributed by atoms with Gasteiger partial charge in [0.15, 0.2) is 0 Å². The van der Waals surface area contributed by atoms with Crippen LogP contribution in [-0.4, -0.2) is 49.4 Å². The van der Waals surface area contributed by atoms with Crippen LogP contribution >= 0.6 is 0 Å². The van der Waals surface area contributed by atoms with Crippen LogP contribution in [-0.2, 0) is 19.1 Å². The van der Waals surface area contributed by atoms with Gasteiger partial charge in [0, 0.05) is 12.5 Å². The maximum Gasteiger partial charge on any atom is 0.407 e. The number of amides is 3. The number of allylic oxidation sites excluding steroid dienone is 2. The van der Waals surface area contributed by atoms with E-state index in [1.165, 1.54) is 6.42 Å². The molecule has 2 aliphatic carbocycles. The van der Waals surface area contributed by atoms with Gasteiger partial charge in [-0.05, 0) is 68.6 Å². The molecule has 2 fully saturated rings. The summed E-state index contributed by atoms with van der Waals surface area (Å²) >= 11 is 0. The van der Waals surface area contributed by atoms with Gasteiger partial charge in [-0.2, -0.15) is 0 Å². The lowest BCUT2D eigenvalue weighted by Gasteiger charge is -2.35. The molecule has 6 atom stereocenters. The van der Waals surface area contributed by atoms with Crippen molar-refractivity contribution in [3.05, 3.63) is 12.2 Å². The maximum atomic E-state index is 12.8. The van der Waals surface area contributed by atoms with Gasteiger partial charge in [0.1, 0.15) is 12.3 Å². The minimum Gasteiger partial charge on any atom is -0.449 e. The Balaban J connectivity index is 1.48. The average molecular weight is 448 g/mol. The number of fused-ring (bicyclic) bond motifs is 2. The van der Waals surface area contributed by atoms with Gasteiger partial charge in [0.25, 0.3) is 0 Å². The van der Waals surface area contributed by atoms with E-state index in [-0.39, 0.29) is 24.2 Å². The number of nitrogens with one attached hydrogen (secondary N) is 3. The number of carbonyl (C=O) groups excluding carboxylic acids is 4. The fourth-order valence-corrected chi connectivity index (χ4v) is 5.25. The second kappa shape index (κ2) is 11.5. The molecule has 0 aromatic heterocycles. The maximum absolute atomic E-state index is 12.8. The molecule has 3 amide bonds. The van der Waals surface area contributed by atoms with E-state index in [4.69, 9.17) is 4.74 Å². The van der Waals surface area contributed by atoms with E-state index in [2.05, 4.69) is 28.1 Å². The van der Waals surface area contributed by atoms with Crippen LogP contribution in [0.5, 0.6) is 0 Å². The molecule has 2 bridgehead atoms. The Morgan fingerprint density at radius 1 is 1.25 bits per heavy atom. The number of carbonyl (C=O) groups is 4. The first kappa shape index (κ1) is 24.3. The molecule has 0 spiro atoms. The molecular formula is C24H37N3O5. The number of aldehydes is 1. The van der Waals surface area contributed by atoms with E-state index in [1.54, 1.807) is 0 Å². The normalized spacial score (nSPS) is 28.5. The van der Waals surface area contributed by atoms with E-state index >= 15 is 0 Å². The molecule has 0 radical (unpaired) electrons. The molecule has 3 N–H and O–H groups in total. The first-order chi connectivity index (χ1) is 15.3. The summed E-state index contributed by atoms with van der Waals surface area (Å²) in [5, 5.41) is 8.12. The predicted molar refractivity (Wildman–Crippen MR) is 120 cm³/mol. The fraction of sp³-hybridized carbons (Fsp3) is 0.750. The summed E-state index contributed by atoms with van der Waals surface area (Å²) in [5.41, 5.74) is 0. The first-order valence-electron chi connectivity index (χ1n) is 12.0. The summed E-state index contributed by atoms with van der Waals surface area (Å²) in [6.45, 7) is 4.87. The summed E-state index contributed by atoms with van der Waals surface area (Å²) in [6, 6.07) is -1.56. The average Bonchev–Trinajstić information content (AvgIpc) is 3.15. The highest BCUT2D eigenvalue weighted by Crippen LogP contribution is 2.39. The Kier molecular flexibility index (Phi) is 8.70. The van der Waals surface area contributed by atoms with Crippen LogP contribution in [0.15, 0.2) is 12.2 Å². The fourth-order valence-electron chi connectivity index (χ4n) is 5.25. The highest BCUT2D eigenvalue weighted by molar-refractivity contribution is 5.88. The molecule has 1 heterocycles. The smallest absolute Gasteiger partial charge is 0.407 e. The molecule has 8 heteroatoms. The summed E-state index contributed by atoms with van der Waals surface area (Å²) < 4.78 is 5.49. The lowest BCUT2D eigenvalue weighted by molar-refractivity contribution is -0.127. The Hall–Kier alpha value is -2.38. The van der Waals surface area contributed by atoms with E-state index in [0.29, 0.717) is 50.0 Å². The van der Waals surface area contributed by atoms with Gasteiger partial charge >= 0.3 is 6.09 Å². The largest absolute Gasteiger partial charge is 0.449 e. The SMILES string of the molecule is CC(C)CC(NC(=O)OCC1CC2C=CCC(C2)C1)C(=O)NC(C=O)CC1CCNC1=O. The summed E-state index contributed by atoms with van der Waals surface area (Å²) in [7, 11) is 0. The van der Waals surface area contributed by atoms with Crippen molar-refractivity contribution in [2.75, 3.05) is 13.2 Å². The van der Waals surface area contributed by atoms with Gasteiger partial charge in [-0.25, -0.2) is 4.79 Å². The molecule has 8 nitrogen and oxygen atoms in total. The molecule has 1 saturated heterocycles. The van der Waals surface area contributed by atoms with Crippen LogP contribution in [0.25, 0.3) is 0 Å². The Morgan fingerprint density at radius 3 is 2.72 bits per heavy atom. The quantitative estimate of drug-likeness (QED) is 0.351. The standard InChI is InChI=1S/C24H37N3O5/c1-15(2)8-21(23(30)26-20(13-28)12-19-6-7-25-22(19)29)27-24(31)32-14-18-10-16-4-3-5-17(9-16)11-18/h3-4,13,15-21H,5-12,14H2,1-2H3,(H,25,29)(H,26,30)(H,27,31). The minimum absolute atomic E-state index is 0.0890.